The molecule has 0 saturated heterocycles. The number of rotatable bonds is 4. The van der Waals surface area contributed by atoms with E-state index in [0.29, 0.717) is 5.56 Å². The van der Waals surface area contributed by atoms with Gasteiger partial charge in [0, 0.05) is 5.69 Å². The number of esters is 1. The third kappa shape index (κ3) is 3.77. The Hall–Kier alpha value is -2.62. The van der Waals surface area contributed by atoms with Gasteiger partial charge in [0.15, 0.2) is 6.61 Å². The van der Waals surface area contributed by atoms with Gasteiger partial charge in [-0.2, -0.15) is 0 Å². The van der Waals surface area contributed by atoms with E-state index in [9.17, 15) is 9.59 Å². The van der Waals surface area contributed by atoms with Gasteiger partial charge in [-0.1, -0.05) is 23.8 Å². The smallest absolute Gasteiger partial charge is 0.338 e. The maximum atomic E-state index is 11.9. The van der Waals surface area contributed by atoms with Crippen molar-refractivity contribution in [2.45, 2.75) is 26.2 Å². The minimum absolute atomic E-state index is 0.288. The molecule has 118 valence electrons. The van der Waals surface area contributed by atoms with Crippen LogP contribution in [0.15, 0.2) is 42.5 Å². The van der Waals surface area contributed by atoms with Crippen molar-refractivity contribution in [3.05, 3.63) is 64.7 Å². The van der Waals surface area contributed by atoms with Gasteiger partial charge in [0.05, 0.1) is 5.56 Å². The summed E-state index contributed by atoms with van der Waals surface area (Å²) in [5, 5.41) is 2.77. The summed E-state index contributed by atoms with van der Waals surface area (Å²) in [6.45, 7) is 1.61. The van der Waals surface area contributed by atoms with Gasteiger partial charge in [0.2, 0.25) is 0 Å². The number of ether oxygens (including phenoxy) is 1. The molecule has 0 saturated carbocycles. The lowest BCUT2D eigenvalue weighted by atomic mass is 10.1. The highest BCUT2D eigenvalue weighted by Crippen LogP contribution is 2.24. The summed E-state index contributed by atoms with van der Waals surface area (Å²) in [7, 11) is 0. The van der Waals surface area contributed by atoms with E-state index in [1.165, 1.54) is 17.5 Å². The molecule has 0 atom stereocenters. The third-order valence-corrected chi connectivity index (χ3v) is 3.97. The van der Waals surface area contributed by atoms with Crippen LogP contribution in [0.5, 0.6) is 0 Å². The Morgan fingerprint density at radius 2 is 1.91 bits per heavy atom. The number of nitrogens with one attached hydrogen (secondary N) is 1. The topological polar surface area (TPSA) is 55.4 Å². The standard InChI is InChI=1S/C19H19NO3/c1-13-4-2-7-16(10-13)19(22)23-12-18(21)20-17-9-8-14-5-3-6-15(14)11-17/h2,4,7-11H,3,5-6,12H2,1H3,(H,20,21). The van der Waals surface area contributed by atoms with Crippen LogP contribution >= 0.6 is 0 Å². The SMILES string of the molecule is Cc1cccc(C(=O)OCC(=O)Nc2ccc3c(c2)CCC3)c1. The van der Waals surface area contributed by atoms with Crippen molar-refractivity contribution in [1.82, 2.24) is 0 Å². The number of amides is 1. The molecule has 4 nitrogen and oxygen atoms in total. The van der Waals surface area contributed by atoms with Crippen molar-refractivity contribution in [3.63, 3.8) is 0 Å². The average molecular weight is 309 g/mol. The zero-order chi connectivity index (χ0) is 16.2. The fourth-order valence-electron chi connectivity index (χ4n) is 2.83. The van der Waals surface area contributed by atoms with Crippen LogP contribution in [0.2, 0.25) is 0 Å². The van der Waals surface area contributed by atoms with Crippen LogP contribution in [0.1, 0.15) is 33.5 Å². The van der Waals surface area contributed by atoms with Crippen LogP contribution in [0.3, 0.4) is 0 Å². The monoisotopic (exact) mass is 309 g/mol. The fourth-order valence-corrected chi connectivity index (χ4v) is 2.83. The van der Waals surface area contributed by atoms with Gasteiger partial charge in [0.1, 0.15) is 0 Å². The molecule has 1 aliphatic rings. The minimum atomic E-state index is -0.488. The molecule has 3 rings (SSSR count). The second-order valence-corrected chi connectivity index (χ2v) is 5.83. The molecular formula is C19H19NO3. The summed E-state index contributed by atoms with van der Waals surface area (Å²) in [4.78, 5) is 23.8. The second kappa shape index (κ2) is 6.65. The number of hydrogen-bond acceptors (Lipinski definition) is 3. The van der Waals surface area contributed by atoms with E-state index in [1.807, 2.05) is 25.1 Å². The highest BCUT2D eigenvalue weighted by atomic mass is 16.5. The van der Waals surface area contributed by atoms with Gasteiger partial charge >= 0.3 is 5.97 Å². The first-order valence-corrected chi connectivity index (χ1v) is 7.77. The Morgan fingerprint density at radius 3 is 2.74 bits per heavy atom. The molecule has 0 heterocycles. The molecular weight excluding hydrogens is 290 g/mol. The van der Waals surface area contributed by atoms with Crippen molar-refractivity contribution in [1.29, 1.82) is 0 Å². The van der Waals surface area contributed by atoms with Crippen LogP contribution in [-0.4, -0.2) is 18.5 Å². The van der Waals surface area contributed by atoms with Crippen molar-refractivity contribution >= 4 is 17.6 Å². The lowest BCUT2D eigenvalue weighted by Crippen LogP contribution is -2.21. The summed E-state index contributed by atoms with van der Waals surface area (Å²) < 4.78 is 5.06. The van der Waals surface area contributed by atoms with Gasteiger partial charge in [-0.15, -0.1) is 0 Å². The van der Waals surface area contributed by atoms with Crippen LogP contribution in [-0.2, 0) is 22.4 Å². The van der Waals surface area contributed by atoms with E-state index < -0.39 is 5.97 Å². The van der Waals surface area contributed by atoms with Crippen molar-refractivity contribution in [3.8, 4) is 0 Å². The largest absolute Gasteiger partial charge is 0.452 e. The Kier molecular flexibility index (Phi) is 4.42. The van der Waals surface area contributed by atoms with Crippen LogP contribution in [0.4, 0.5) is 5.69 Å². The molecule has 2 aromatic carbocycles. The summed E-state index contributed by atoms with van der Waals surface area (Å²) >= 11 is 0. The molecule has 0 unspecified atom stereocenters. The van der Waals surface area contributed by atoms with E-state index in [4.69, 9.17) is 4.74 Å². The lowest BCUT2D eigenvalue weighted by molar-refractivity contribution is -0.119. The molecule has 0 aromatic heterocycles. The Labute approximate surface area is 135 Å². The van der Waals surface area contributed by atoms with Crippen LogP contribution < -0.4 is 5.32 Å². The van der Waals surface area contributed by atoms with Gasteiger partial charge in [0.25, 0.3) is 5.91 Å². The highest BCUT2D eigenvalue weighted by molar-refractivity contribution is 5.95. The molecule has 0 fully saturated rings. The Balaban J connectivity index is 1.54. The van der Waals surface area contributed by atoms with E-state index in [-0.39, 0.29) is 12.5 Å². The first-order chi connectivity index (χ1) is 11.1. The molecule has 0 aliphatic heterocycles. The number of hydrogen-bond donors (Lipinski definition) is 1. The molecule has 1 aliphatic carbocycles. The number of anilines is 1. The number of fused-ring (bicyclic) bond motifs is 1. The second-order valence-electron chi connectivity index (χ2n) is 5.83. The normalized spacial score (nSPS) is 12.6. The molecule has 4 heteroatoms. The predicted octanol–water partition coefficient (Wildman–Crippen LogP) is 3.28. The predicted molar refractivity (Wildman–Crippen MR) is 88.6 cm³/mol. The minimum Gasteiger partial charge on any atom is -0.452 e. The summed E-state index contributed by atoms with van der Waals surface area (Å²) in [6, 6.07) is 13.0. The van der Waals surface area contributed by atoms with Gasteiger partial charge in [-0.25, -0.2) is 4.79 Å². The third-order valence-electron chi connectivity index (χ3n) is 3.97. The van der Waals surface area contributed by atoms with Gasteiger partial charge in [-0.3, -0.25) is 4.79 Å². The number of aryl methyl sites for hydroxylation is 3. The zero-order valence-corrected chi connectivity index (χ0v) is 13.1. The summed E-state index contributed by atoms with van der Waals surface area (Å²) in [5.74, 6) is -0.818. The molecule has 1 amide bonds. The van der Waals surface area contributed by atoms with Gasteiger partial charge in [-0.05, 0) is 61.6 Å². The molecule has 23 heavy (non-hydrogen) atoms. The number of carbonyl (C=O) groups excluding carboxylic acids is 2. The highest BCUT2D eigenvalue weighted by Gasteiger charge is 2.13. The Bertz CT molecular complexity index is 752. The first-order valence-electron chi connectivity index (χ1n) is 7.77. The fraction of sp³-hybridized carbons (Fsp3) is 0.263. The summed E-state index contributed by atoms with van der Waals surface area (Å²) in [6.07, 6.45) is 3.33. The number of benzene rings is 2. The Morgan fingerprint density at radius 1 is 1.09 bits per heavy atom. The van der Waals surface area contributed by atoms with Gasteiger partial charge < -0.3 is 10.1 Å². The van der Waals surface area contributed by atoms with Crippen LogP contribution in [0, 0.1) is 6.92 Å². The van der Waals surface area contributed by atoms with Crippen molar-refractivity contribution in [2.24, 2.45) is 0 Å². The molecule has 2 aromatic rings. The van der Waals surface area contributed by atoms with E-state index in [0.717, 1.165) is 24.1 Å². The van der Waals surface area contributed by atoms with Crippen molar-refractivity contribution < 1.29 is 14.3 Å². The quantitative estimate of drug-likeness (QED) is 0.882. The molecule has 0 bridgehead atoms. The number of carbonyl (C=O) groups is 2. The molecule has 1 N–H and O–H groups in total. The van der Waals surface area contributed by atoms with Crippen molar-refractivity contribution in [2.75, 3.05) is 11.9 Å². The maximum absolute atomic E-state index is 11.9. The van der Waals surface area contributed by atoms with E-state index in [1.54, 1.807) is 18.2 Å². The summed E-state index contributed by atoms with van der Waals surface area (Å²) in [5.41, 5.74) is 4.83. The first kappa shape index (κ1) is 15.3. The van der Waals surface area contributed by atoms with E-state index in [2.05, 4.69) is 11.4 Å². The molecule has 0 spiro atoms. The van der Waals surface area contributed by atoms with Crippen LogP contribution in [0.25, 0.3) is 0 Å². The van der Waals surface area contributed by atoms with E-state index >= 15 is 0 Å². The maximum Gasteiger partial charge on any atom is 0.338 e. The zero-order valence-electron chi connectivity index (χ0n) is 13.1. The molecule has 0 radical (unpaired) electrons. The lowest BCUT2D eigenvalue weighted by Gasteiger charge is -2.08. The average Bonchev–Trinajstić information content (AvgIpc) is 3.00.